The van der Waals surface area contributed by atoms with Crippen molar-refractivity contribution in [3.8, 4) is 0 Å². The van der Waals surface area contributed by atoms with Gasteiger partial charge in [-0.25, -0.2) is 4.79 Å². The van der Waals surface area contributed by atoms with Gasteiger partial charge in [-0.05, 0) is 32.9 Å². The highest BCUT2D eigenvalue weighted by atomic mass is 35.5. The number of carbonyl (C=O) groups is 1. The van der Waals surface area contributed by atoms with Gasteiger partial charge in [0.2, 0.25) is 0 Å². The standard InChI is InChI=1S/C14H20ClN3O2/c1-13(2,3)20-12(19)18-8-14(7-16,9-18)11-5-4-10(15)6-17-11/h4-6H,7-9,16H2,1-3H3. The lowest BCUT2D eigenvalue weighted by molar-refractivity contribution is -0.00900. The minimum absolute atomic E-state index is 0.290. The van der Waals surface area contributed by atoms with Crippen LogP contribution in [0.4, 0.5) is 4.79 Å². The summed E-state index contributed by atoms with van der Waals surface area (Å²) in [5, 5.41) is 0.587. The van der Waals surface area contributed by atoms with Crippen LogP contribution in [0.3, 0.4) is 0 Å². The third kappa shape index (κ3) is 3.04. The number of hydrogen-bond donors (Lipinski definition) is 1. The molecule has 110 valence electrons. The molecule has 0 aromatic carbocycles. The normalized spacial score (nSPS) is 17.6. The first kappa shape index (κ1) is 15.1. The Balaban J connectivity index is 2.04. The number of halogens is 1. The van der Waals surface area contributed by atoms with Crippen LogP contribution in [-0.2, 0) is 10.2 Å². The number of rotatable bonds is 2. The largest absolute Gasteiger partial charge is 0.444 e. The molecule has 1 amide bonds. The van der Waals surface area contributed by atoms with E-state index in [9.17, 15) is 4.79 Å². The Morgan fingerprint density at radius 2 is 2.15 bits per heavy atom. The molecular weight excluding hydrogens is 278 g/mol. The molecule has 2 heterocycles. The minimum atomic E-state index is -0.490. The van der Waals surface area contributed by atoms with E-state index in [1.807, 2.05) is 26.8 Å². The molecule has 0 unspecified atom stereocenters. The Morgan fingerprint density at radius 1 is 1.50 bits per heavy atom. The molecule has 5 nitrogen and oxygen atoms in total. The van der Waals surface area contributed by atoms with Crippen LogP contribution < -0.4 is 5.73 Å². The lowest BCUT2D eigenvalue weighted by Gasteiger charge is -2.48. The summed E-state index contributed by atoms with van der Waals surface area (Å²) in [4.78, 5) is 17.9. The molecule has 0 saturated carbocycles. The quantitative estimate of drug-likeness (QED) is 0.908. The molecule has 1 aromatic heterocycles. The topological polar surface area (TPSA) is 68.5 Å². The fourth-order valence-corrected chi connectivity index (χ4v) is 2.34. The van der Waals surface area contributed by atoms with Gasteiger partial charge in [-0.2, -0.15) is 0 Å². The Kier molecular flexibility index (Phi) is 3.93. The van der Waals surface area contributed by atoms with Crippen molar-refractivity contribution in [2.24, 2.45) is 5.73 Å². The van der Waals surface area contributed by atoms with E-state index in [4.69, 9.17) is 22.1 Å². The van der Waals surface area contributed by atoms with Crippen LogP contribution in [0.2, 0.25) is 5.02 Å². The molecule has 0 bridgehead atoms. The number of ether oxygens (including phenoxy) is 1. The zero-order valence-electron chi connectivity index (χ0n) is 12.0. The first-order valence-corrected chi connectivity index (χ1v) is 6.94. The molecule has 1 saturated heterocycles. The van der Waals surface area contributed by atoms with Gasteiger partial charge >= 0.3 is 6.09 Å². The molecule has 2 rings (SSSR count). The van der Waals surface area contributed by atoms with E-state index >= 15 is 0 Å². The molecule has 1 aliphatic heterocycles. The monoisotopic (exact) mass is 297 g/mol. The molecule has 0 spiro atoms. The summed E-state index contributed by atoms with van der Waals surface area (Å²) >= 11 is 5.84. The molecule has 6 heteroatoms. The second-order valence-electron chi connectivity index (χ2n) is 6.18. The van der Waals surface area contributed by atoms with Crippen LogP contribution in [0.25, 0.3) is 0 Å². The average molecular weight is 298 g/mol. The number of amides is 1. The van der Waals surface area contributed by atoms with Gasteiger partial charge in [0.05, 0.1) is 16.1 Å². The summed E-state index contributed by atoms with van der Waals surface area (Å²) in [6.07, 6.45) is 1.29. The molecule has 1 fully saturated rings. The van der Waals surface area contributed by atoms with Gasteiger partial charge in [-0.3, -0.25) is 4.98 Å². The molecule has 0 atom stereocenters. The molecule has 1 aromatic rings. The molecule has 0 radical (unpaired) electrons. The van der Waals surface area contributed by atoms with Crippen molar-refractivity contribution < 1.29 is 9.53 Å². The molecular formula is C14H20ClN3O2. The number of hydrogen-bond acceptors (Lipinski definition) is 4. The number of nitrogens with zero attached hydrogens (tertiary/aromatic N) is 2. The fraction of sp³-hybridized carbons (Fsp3) is 0.571. The van der Waals surface area contributed by atoms with Crippen LogP contribution in [0, 0.1) is 0 Å². The van der Waals surface area contributed by atoms with Crippen LogP contribution in [-0.4, -0.2) is 41.2 Å². The molecule has 20 heavy (non-hydrogen) atoms. The molecule has 2 N–H and O–H groups in total. The van der Waals surface area contributed by atoms with E-state index in [0.29, 0.717) is 24.7 Å². The lowest BCUT2D eigenvalue weighted by atomic mass is 9.76. The van der Waals surface area contributed by atoms with E-state index < -0.39 is 5.60 Å². The highest BCUT2D eigenvalue weighted by molar-refractivity contribution is 6.30. The van der Waals surface area contributed by atoms with Crippen molar-refractivity contribution in [3.63, 3.8) is 0 Å². The first-order chi connectivity index (χ1) is 9.26. The predicted molar refractivity (Wildman–Crippen MR) is 77.8 cm³/mol. The van der Waals surface area contributed by atoms with Gasteiger partial charge in [0, 0.05) is 25.8 Å². The predicted octanol–water partition coefficient (Wildman–Crippen LogP) is 2.18. The second kappa shape index (κ2) is 5.22. The van der Waals surface area contributed by atoms with E-state index in [1.165, 1.54) is 0 Å². The summed E-state index contributed by atoms with van der Waals surface area (Å²) in [6, 6.07) is 3.65. The molecule has 0 aliphatic carbocycles. The summed E-state index contributed by atoms with van der Waals surface area (Å²) in [6.45, 7) is 7.02. The van der Waals surface area contributed by atoms with Gasteiger partial charge in [0.15, 0.2) is 0 Å². The lowest BCUT2D eigenvalue weighted by Crippen LogP contribution is -2.65. The van der Waals surface area contributed by atoms with Crippen molar-refractivity contribution in [2.45, 2.75) is 31.8 Å². The highest BCUT2D eigenvalue weighted by Gasteiger charge is 2.47. The maximum absolute atomic E-state index is 12.0. The van der Waals surface area contributed by atoms with Crippen LogP contribution in [0.5, 0.6) is 0 Å². The van der Waals surface area contributed by atoms with Gasteiger partial charge in [-0.15, -0.1) is 0 Å². The SMILES string of the molecule is CC(C)(C)OC(=O)N1CC(CN)(c2ccc(Cl)cn2)C1. The van der Waals surface area contributed by atoms with Gasteiger partial charge in [-0.1, -0.05) is 11.6 Å². The Morgan fingerprint density at radius 3 is 2.60 bits per heavy atom. The van der Waals surface area contributed by atoms with Crippen LogP contribution >= 0.6 is 11.6 Å². The highest BCUT2D eigenvalue weighted by Crippen LogP contribution is 2.33. The fourth-order valence-electron chi connectivity index (χ4n) is 2.23. The second-order valence-corrected chi connectivity index (χ2v) is 6.62. The summed E-state index contributed by atoms with van der Waals surface area (Å²) in [7, 11) is 0. The minimum Gasteiger partial charge on any atom is -0.444 e. The third-order valence-electron chi connectivity index (χ3n) is 3.30. The zero-order valence-corrected chi connectivity index (χ0v) is 12.8. The van der Waals surface area contributed by atoms with E-state index in [-0.39, 0.29) is 11.5 Å². The molecule has 1 aliphatic rings. The van der Waals surface area contributed by atoms with Gasteiger partial charge < -0.3 is 15.4 Å². The number of nitrogens with two attached hydrogens (primary N) is 1. The van der Waals surface area contributed by atoms with E-state index in [2.05, 4.69) is 4.98 Å². The first-order valence-electron chi connectivity index (χ1n) is 6.56. The van der Waals surface area contributed by atoms with Crippen molar-refractivity contribution in [3.05, 3.63) is 29.0 Å². The summed E-state index contributed by atoms with van der Waals surface area (Å²) in [5.74, 6) is 0. The van der Waals surface area contributed by atoms with Gasteiger partial charge in [0.1, 0.15) is 5.60 Å². The van der Waals surface area contributed by atoms with Crippen molar-refractivity contribution in [2.75, 3.05) is 19.6 Å². The zero-order chi connectivity index (χ0) is 15.0. The Labute approximate surface area is 124 Å². The van der Waals surface area contributed by atoms with E-state index in [0.717, 1.165) is 5.69 Å². The smallest absolute Gasteiger partial charge is 0.410 e. The Hall–Kier alpha value is -1.33. The van der Waals surface area contributed by atoms with Crippen molar-refractivity contribution >= 4 is 17.7 Å². The summed E-state index contributed by atoms with van der Waals surface area (Å²) < 4.78 is 5.34. The summed E-state index contributed by atoms with van der Waals surface area (Å²) in [5.41, 5.74) is 5.96. The van der Waals surface area contributed by atoms with Crippen LogP contribution in [0.15, 0.2) is 18.3 Å². The van der Waals surface area contributed by atoms with E-state index in [1.54, 1.807) is 17.2 Å². The van der Waals surface area contributed by atoms with Crippen LogP contribution in [0.1, 0.15) is 26.5 Å². The number of aromatic nitrogens is 1. The maximum atomic E-state index is 12.0. The average Bonchev–Trinajstić information content (AvgIpc) is 2.28. The third-order valence-corrected chi connectivity index (χ3v) is 3.52. The van der Waals surface area contributed by atoms with Crippen molar-refractivity contribution in [1.29, 1.82) is 0 Å². The van der Waals surface area contributed by atoms with Crippen molar-refractivity contribution in [1.82, 2.24) is 9.88 Å². The number of carbonyl (C=O) groups excluding carboxylic acids is 1. The number of pyridine rings is 1. The Bertz CT molecular complexity index is 490. The number of likely N-dealkylation sites (tertiary alicyclic amines) is 1. The maximum Gasteiger partial charge on any atom is 0.410 e. The van der Waals surface area contributed by atoms with Gasteiger partial charge in [0.25, 0.3) is 0 Å².